The highest BCUT2D eigenvalue weighted by molar-refractivity contribution is 5.83. The number of anilines is 1. The van der Waals surface area contributed by atoms with Gasteiger partial charge in [-0.05, 0) is 13.5 Å². The molecule has 4 rings (SSSR count). The number of aliphatic hydroxyl groups excluding tert-OH is 4. The van der Waals surface area contributed by atoms with E-state index in [-0.39, 0.29) is 0 Å². The van der Waals surface area contributed by atoms with E-state index in [0.717, 1.165) is 0 Å². The fourth-order valence-electron chi connectivity index (χ4n) is 3.98. The number of aromatic amines is 1. The highest BCUT2D eigenvalue weighted by atomic mass is 16.5. The molecular formula is C17H25N7O6. The lowest BCUT2D eigenvalue weighted by Crippen LogP contribution is -2.67. The van der Waals surface area contributed by atoms with Crippen molar-refractivity contribution in [1.82, 2.24) is 30.2 Å². The van der Waals surface area contributed by atoms with E-state index >= 15 is 0 Å². The zero-order valence-corrected chi connectivity index (χ0v) is 16.2. The molecule has 30 heavy (non-hydrogen) atoms. The van der Waals surface area contributed by atoms with Crippen molar-refractivity contribution < 1.29 is 30.0 Å². The SMILES string of the molecule is CN1CC[C@H](O)[C@@H]1C(=O)N[C@@H]1[C@@H](O)[C@H](O)[C@@H](Nc2ncnc3nc[nH]c23)O[C@H]1CO. The first-order chi connectivity index (χ1) is 14.4. The van der Waals surface area contributed by atoms with Crippen LogP contribution in [0.2, 0.25) is 0 Å². The molecule has 2 saturated heterocycles. The first kappa shape index (κ1) is 20.8. The van der Waals surface area contributed by atoms with E-state index in [0.29, 0.717) is 29.9 Å². The Balaban J connectivity index is 1.49. The number of nitrogens with one attached hydrogen (secondary N) is 3. The number of H-pyrrole nitrogens is 1. The average molecular weight is 423 g/mol. The maximum Gasteiger partial charge on any atom is 0.240 e. The van der Waals surface area contributed by atoms with Gasteiger partial charge in [-0.2, -0.15) is 0 Å². The normalized spacial score (nSPS) is 34.9. The molecular weight excluding hydrogens is 398 g/mol. The molecule has 164 valence electrons. The first-order valence-electron chi connectivity index (χ1n) is 9.62. The van der Waals surface area contributed by atoms with Crippen molar-refractivity contribution >= 4 is 22.9 Å². The zero-order valence-electron chi connectivity index (χ0n) is 16.2. The van der Waals surface area contributed by atoms with Crippen molar-refractivity contribution in [2.75, 3.05) is 25.5 Å². The number of hydrogen-bond acceptors (Lipinski definition) is 11. The summed E-state index contributed by atoms with van der Waals surface area (Å²) in [5.74, 6) is -0.217. The lowest BCUT2D eigenvalue weighted by Gasteiger charge is -2.43. The molecule has 0 bridgehead atoms. The van der Waals surface area contributed by atoms with Gasteiger partial charge < -0.3 is 40.8 Å². The molecule has 2 aromatic rings. The van der Waals surface area contributed by atoms with Gasteiger partial charge >= 0.3 is 0 Å². The van der Waals surface area contributed by atoms with Crippen molar-refractivity contribution in [3.63, 3.8) is 0 Å². The third-order valence-corrected chi connectivity index (χ3v) is 5.63. The van der Waals surface area contributed by atoms with E-state index in [2.05, 4.69) is 30.6 Å². The Morgan fingerprint density at radius 1 is 1.30 bits per heavy atom. The van der Waals surface area contributed by atoms with Gasteiger partial charge in [-0.3, -0.25) is 9.69 Å². The number of fused-ring (bicyclic) bond motifs is 1. The van der Waals surface area contributed by atoms with Crippen LogP contribution in [0.25, 0.3) is 11.2 Å². The molecule has 4 heterocycles. The van der Waals surface area contributed by atoms with Crippen molar-refractivity contribution in [1.29, 1.82) is 0 Å². The number of nitrogens with zero attached hydrogens (tertiary/aromatic N) is 4. The molecule has 2 aliphatic rings. The summed E-state index contributed by atoms with van der Waals surface area (Å²) >= 11 is 0. The molecule has 7 atom stereocenters. The van der Waals surface area contributed by atoms with Gasteiger partial charge in [0.25, 0.3) is 0 Å². The fourth-order valence-corrected chi connectivity index (χ4v) is 3.98. The maximum absolute atomic E-state index is 12.7. The van der Waals surface area contributed by atoms with Crippen LogP contribution < -0.4 is 10.6 Å². The van der Waals surface area contributed by atoms with Crippen LogP contribution in [0.15, 0.2) is 12.7 Å². The molecule has 2 aromatic heterocycles. The van der Waals surface area contributed by atoms with Crippen molar-refractivity contribution in [2.45, 2.75) is 49.1 Å². The molecule has 0 aromatic carbocycles. The quantitative estimate of drug-likeness (QED) is 0.256. The second kappa shape index (κ2) is 8.37. The second-order valence-corrected chi connectivity index (χ2v) is 7.54. The minimum atomic E-state index is -1.45. The number of likely N-dealkylation sites (tertiary alicyclic amines) is 1. The molecule has 0 radical (unpaired) electrons. The molecule has 2 aliphatic heterocycles. The van der Waals surface area contributed by atoms with Crippen molar-refractivity contribution in [3.05, 3.63) is 12.7 Å². The molecule has 1 amide bonds. The summed E-state index contributed by atoms with van der Waals surface area (Å²) < 4.78 is 5.72. The highest BCUT2D eigenvalue weighted by Crippen LogP contribution is 2.25. The lowest BCUT2D eigenvalue weighted by atomic mass is 9.95. The molecule has 0 saturated carbocycles. The minimum absolute atomic E-state index is 0.295. The summed E-state index contributed by atoms with van der Waals surface area (Å²) in [6, 6.07) is -1.85. The number of imidazole rings is 1. The number of amides is 1. The van der Waals surface area contributed by atoms with Crippen LogP contribution in [0, 0.1) is 0 Å². The highest BCUT2D eigenvalue weighted by Gasteiger charge is 2.47. The summed E-state index contributed by atoms with van der Waals surface area (Å²) in [4.78, 5) is 29.3. The standard InChI is InChI=1S/C17H25N7O6/c1-24-3-2-7(26)11(24)16(29)22-9-8(4-25)30-17(13(28)12(9)27)23-15-10-14(19-5-18-10)20-6-21-15/h5-9,11-13,17,25-28H,2-4H2,1H3,(H,22,29)(H2,18,19,20,21,23)/t7-,8-,9-,11+,12+,13-,17-/m0/s1. The van der Waals surface area contributed by atoms with Crippen LogP contribution in [0.3, 0.4) is 0 Å². The smallest absolute Gasteiger partial charge is 0.240 e. The topological polar surface area (TPSA) is 189 Å². The molecule has 7 N–H and O–H groups in total. The van der Waals surface area contributed by atoms with Crippen LogP contribution in [0.4, 0.5) is 5.82 Å². The van der Waals surface area contributed by atoms with Gasteiger partial charge in [0.15, 0.2) is 17.7 Å². The average Bonchev–Trinajstić information content (AvgIpc) is 3.34. The van der Waals surface area contributed by atoms with Gasteiger partial charge in [-0.25, -0.2) is 15.0 Å². The van der Waals surface area contributed by atoms with Crippen molar-refractivity contribution in [2.24, 2.45) is 0 Å². The van der Waals surface area contributed by atoms with Crippen molar-refractivity contribution in [3.8, 4) is 0 Å². The lowest BCUT2D eigenvalue weighted by molar-refractivity contribution is -0.186. The van der Waals surface area contributed by atoms with E-state index in [1.54, 1.807) is 11.9 Å². The summed E-state index contributed by atoms with van der Waals surface area (Å²) in [7, 11) is 1.71. The number of rotatable bonds is 5. The molecule has 0 spiro atoms. The van der Waals surface area contributed by atoms with Crippen LogP contribution in [-0.2, 0) is 9.53 Å². The number of carbonyl (C=O) groups is 1. The third-order valence-electron chi connectivity index (χ3n) is 5.63. The largest absolute Gasteiger partial charge is 0.394 e. The first-order valence-corrected chi connectivity index (χ1v) is 9.62. The number of hydrogen-bond donors (Lipinski definition) is 7. The molecule has 0 unspecified atom stereocenters. The third kappa shape index (κ3) is 3.71. The number of carbonyl (C=O) groups excluding carboxylic acids is 1. The van der Waals surface area contributed by atoms with Gasteiger partial charge in [0.1, 0.15) is 36.2 Å². The Labute approximate surface area is 171 Å². The van der Waals surface area contributed by atoms with Crippen LogP contribution in [-0.4, -0.2) is 114 Å². The minimum Gasteiger partial charge on any atom is -0.394 e. The summed E-state index contributed by atoms with van der Waals surface area (Å²) in [6.07, 6.45) is -2.67. The monoisotopic (exact) mass is 423 g/mol. The number of aliphatic hydroxyl groups is 4. The fraction of sp³-hybridized carbons (Fsp3) is 0.647. The van der Waals surface area contributed by atoms with E-state index in [9.17, 15) is 25.2 Å². The van der Waals surface area contributed by atoms with E-state index in [1.807, 2.05) is 0 Å². The van der Waals surface area contributed by atoms with Crippen LogP contribution in [0.5, 0.6) is 0 Å². The van der Waals surface area contributed by atoms with Gasteiger partial charge in [-0.1, -0.05) is 0 Å². The summed E-state index contributed by atoms with van der Waals surface area (Å²) in [5, 5.41) is 46.5. The van der Waals surface area contributed by atoms with Gasteiger partial charge in [-0.15, -0.1) is 0 Å². The van der Waals surface area contributed by atoms with Gasteiger partial charge in [0.2, 0.25) is 5.91 Å². The predicted molar refractivity (Wildman–Crippen MR) is 102 cm³/mol. The Kier molecular flexibility index (Phi) is 5.81. The zero-order chi connectivity index (χ0) is 21.4. The predicted octanol–water partition coefficient (Wildman–Crippen LogP) is -3.25. The molecule has 13 heteroatoms. The number of aromatic nitrogens is 4. The maximum atomic E-state index is 12.7. The van der Waals surface area contributed by atoms with Gasteiger partial charge in [0.05, 0.1) is 25.1 Å². The number of likely N-dealkylation sites (N-methyl/N-ethyl adjacent to an activating group) is 1. The van der Waals surface area contributed by atoms with E-state index < -0.39 is 55.2 Å². The summed E-state index contributed by atoms with van der Waals surface area (Å²) in [5.41, 5.74) is 0.887. The molecule has 2 fully saturated rings. The van der Waals surface area contributed by atoms with Crippen LogP contribution in [0.1, 0.15) is 6.42 Å². The second-order valence-electron chi connectivity index (χ2n) is 7.54. The van der Waals surface area contributed by atoms with Crippen LogP contribution >= 0.6 is 0 Å². The molecule has 13 nitrogen and oxygen atoms in total. The Morgan fingerprint density at radius 3 is 2.80 bits per heavy atom. The van der Waals surface area contributed by atoms with E-state index in [1.165, 1.54) is 12.7 Å². The Hall–Kier alpha value is -2.42. The van der Waals surface area contributed by atoms with Gasteiger partial charge in [0, 0.05) is 6.54 Å². The summed E-state index contributed by atoms with van der Waals surface area (Å²) in [6.45, 7) is 0.0429. The number of ether oxygens (including phenoxy) is 1. The molecule has 0 aliphatic carbocycles. The van der Waals surface area contributed by atoms with E-state index in [4.69, 9.17) is 4.74 Å². The Bertz CT molecular complexity index is 884. The Morgan fingerprint density at radius 2 is 2.10 bits per heavy atom.